The topological polar surface area (TPSA) is 24.1 Å². The van der Waals surface area contributed by atoms with Gasteiger partial charge in [-0.25, -0.2) is 0 Å². The van der Waals surface area contributed by atoms with Crippen LogP contribution in [-0.2, 0) is 6.18 Å². The van der Waals surface area contributed by atoms with Crippen molar-refractivity contribution in [3.63, 3.8) is 0 Å². The monoisotopic (exact) mass is 400 g/mol. The van der Waals surface area contributed by atoms with Crippen LogP contribution in [0.2, 0.25) is 5.02 Å². The summed E-state index contributed by atoms with van der Waals surface area (Å²) in [6.45, 7) is 4.20. The summed E-state index contributed by atoms with van der Waals surface area (Å²) in [4.78, 5) is 0. The van der Waals surface area contributed by atoms with Crippen molar-refractivity contribution in [2.75, 3.05) is 5.32 Å². The van der Waals surface area contributed by atoms with Gasteiger partial charge in [-0.2, -0.15) is 13.2 Å². The maximum Gasteiger partial charge on any atom is 0.417 e. The van der Waals surface area contributed by atoms with Gasteiger partial charge in [0.1, 0.15) is 0 Å². The minimum Gasteiger partial charge on any atom is -0.356 e. The van der Waals surface area contributed by atoms with Crippen LogP contribution in [0.25, 0.3) is 0 Å². The Morgan fingerprint density at radius 2 is 1.77 bits per heavy atom. The number of benzene rings is 2. The van der Waals surface area contributed by atoms with Crippen LogP contribution in [0.3, 0.4) is 0 Å². The highest BCUT2D eigenvalue weighted by Gasteiger charge is 2.33. The number of nitrogens with one attached hydrogen (secondary N) is 2. The highest BCUT2D eigenvalue weighted by molar-refractivity contribution is 7.80. The number of hydrogen-bond donors (Lipinski definition) is 2. The van der Waals surface area contributed by atoms with Crippen LogP contribution >= 0.6 is 23.8 Å². The van der Waals surface area contributed by atoms with E-state index >= 15 is 0 Å². The SMILES string of the molecule is CC(C)CC(NC(=S)Nc1ccc(Cl)c(C(F)(F)F)c1)c1ccccc1. The molecule has 0 aliphatic rings. The second-order valence-corrected chi connectivity index (χ2v) is 7.20. The molecule has 0 aromatic heterocycles. The molecule has 0 aliphatic carbocycles. The summed E-state index contributed by atoms with van der Waals surface area (Å²) < 4.78 is 38.9. The summed E-state index contributed by atoms with van der Waals surface area (Å²) >= 11 is 10.9. The highest BCUT2D eigenvalue weighted by Crippen LogP contribution is 2.36. The largest absolute Gasteiger partial charge is 0.417 e. The van der Waals surface area contributed by atoms with Gasteiger partial charge in [0.15, 0.2) is 5.11 Å². The van der Waals surface area contributed by atoms with E-state index in [1.165, 1.54) is 12.1 Å². The zero-order valence-corrected chi connectivity index (χ0v) is 16.0. The molecule has 26 heavy (non-hydrogen) atoms. The molecule has 1 unspecified atom stereocenters. The molecule has 2 nitrogen and oxygen atoms in total. The Morgan fingerprint density at radius 1 is 1.12 bits per heavy atom. The number of alkyl halides is 3. The second kappa shape index (κ2) is 8.73. The molecule has 0 saturated carbocycles. The first kappa shape index (κ1) is 20.5. The molecule has 0 amide bonds. The Balaban J connectivity index is 2.13. The lowest BCUT2D eigenvalue weighted by atomic mass is 9.97. The maximum atomic E-state index is 13.0. The van der Waals surface area contributed by atoms with E-state index in [4.69, 9.17) is 23.8 Å². The minimum atomic E-state index is -4.52. The Labute approximate surface area is 161 Å². The fourth-order valence-electron chi connectivity index (χ4n) is 2.58. The van der Waals surface area contributed by atoms with Gasteiger partial charge in [-0.05, 0) is 48.3 Å². The fraction of sp³-hybridized carbons (Fsp3) is 0.316. The van der Waals surface area contributed by atoms with Crippen molar-refractivity contribution in [1.29, 1.82) is 0 Å². The average Bonchev–Trinajstić information content (AvgIpc) is 2.55. The molecule has 0 spiro atoms. The normalized spacial score (nSPS) is 12.7. The van der Waals surface area contributed by atoms with Gasteiger partial charge >= 0.3 is 6.18 Å². The second-order valence-electron chi connectivity index (χ2n) is 6.38. The first-order chi connectivity index (χ1) is 12.2. The molecular formula is C19H20ClF3N2S. The summed E-state index contributed by atoms with van der Waals surface area (Å²) in [6, 6.07) is 13.4. The van der Waals surface area contributed by atoms with Gasteiger partial charge in [-0.3, -0.25) is 0 Å². The predicted molar refractivity (Wildman–Crippen MR) is 104 cm³/mol. The van der Waals surface area contributed by atoms with Crippen LogP contribution in [0, 0.1) is 5.92 Å². The lowest BCUT2D eigenvalue weighted by Crippen LogP contribution is -2.33. The van der Waals surface area contributed by atoms with Crippen molar-refractivity contribution in [3.8, 4) is 0 Å². The van der Waals surface area contributed by atoms with Gasteiger partial charge in [0, 0.05) is 5.69 Å². The van der Waals surface area contributed by atoms with E-state index in [0.717, 1.165) is 18.1 Å². The fourth-order valence-corrected chi connectivity index (χ4v) is 3.07. The van der Waals surface area contributed by atoms with E-state index in [2.05, 4.69) is 24.5 Å². The van der Waals surface area contributed by atoms with Crippen LogP contribution in [-0.4, -0.2) is 5.11 Å². The van der Waals surface area contributed by atoms with Gasteiger partial charge in [0.25, 0.3) is 0 Å². The first-order valence-corrected chi connectivity index (χ1v) is 8.94. The van der Waals surface area contributed by atoms with Crippen molar-refractivity contribution >= 4 is 34.6 Å². The molecule has 2 N–H and O–H groups in total. The number of rotatable bonds is 5. The number of halogens is 4. The van der Waals surface area contributed by atoms with E-state index in [1.54, 1.807) is 0 Å². The summed E-state index contributed by atoms with van der Waals surface area (Å²) in [5, 5.41) is 5.92. The van der Waals surface area contributed by atoms with E-state index in [9.17, 15) is 13.2 Å². The van der Waals surface area contributed by atoms with E-state index in [-0.39, 0.29) is 21.9 Å². The van der Waals surface area contributed by atoms with Crippen molar-refractivity contribution in [1.82, 2.24) is 5.32 Å². The molecule has 0 fully saturated rings. The van der Waals surface area contributed by atoms with Gasteiger partial charge in [0.05, 0.1) is 16.6 Å². The predicted octanol–water partition coefficient (Wildman–Crippen LogP) is 6.43. The highest BCUT2D eigenvalue weighted by atomic mass is 35.5. The lowest BCUT2D eigenvalue weighted by Gasteiger charge is -2.23. The molecule has 7 heteroatoms. The van der Waals surface area contributed by atoms with Crippen molar-refractivity contribution in [2.24, 2.45) is 5.92 Å². The molecule has 0 saturated heterocycles. The van der Waals surface area contributed by atoms with Gasteiger partial charge < -0.3 is 10.6 Å². The third-order valence-corrected chi connectivity index (χ3v) is 4.29. The molecule has 0 radical (unpaired) electrons. The van der Waals surface area contributed by atoms with Crippen LogP contribution in [0.4, 0.5) is 18.9 Å². The van der Waals surface area contributed by atoms with Crippen molar-refractivity contribution in [3.05, 3.63) is 64.7 Å². The van der Waals surface area contributed by atoms with Crippen molar-refractivity contribution in [2.45, 2.75) is 32.5 Å². The standard InChI is InChI=1S/C19H20ClF3N2S/c1-12(2)10-17(13-6-4-3-5-7-13)25-18(26)24-14-8-9-16(20)15(11-14)19(21,22)23/h3-9,11-12,17H,10H2,1-2H3,(H2,24,25,26). The molecule has 140 valence electrons. The van der Waals surface area contributed by atoms with Crippen LogP contribution in [0.5, 0.6) is 0 Å². The number of anilines is 1. The third-order valence-electron chi connectivity index (χ3n) is 3.74. The van der Waals surface area contributed by atoms with Crippen LogP contribution in [0.1, 0.15) is 37.4 Å². The van der Waals surface area contributed by atoms with Gasteiger partial charge in [-0.1, -0.05) is 55.8 Å². The molecular weight excluding hydrogens is 381 g/mol. The van der Waals surface area contributed by atoms with Crippen LogP contribution in [0.15, 0.2) is 48.5 Å². The Hall–Kier alpha value is -1.79. The molecule has 2 rings (SSSR count). The Bertz CT molecular complexity index is 748. The molecule has 0 heterocycles. The van der Waals surface area contributed by atoms with Crippen molar-refractivity contribution < 1.29 is 13.2 Å². The number of hydrogen-bond acceptors (Lipinski definition) is 1. The van der Waals surface area contributed by atoms with E-state index < -0.39 is 11.7 Å². The van der Waals surface area contributed by atoms with Crippen LogP contribution < -0.4 is 10.6 Å². The molecule has 2 aromatic carbocycles. The first-order valence-electron chi connectivity index (χ1n) is 8.16. The van der Waals surface area contributed by atoms with Gasteiger partial charge in [0.2, 0.25) is 0 Å². The smallest absolute Gasteiger partial charge is 0.356 e. The Kier molecular flexibility index (Phi) is 6.89. The maximum absolute atomic E-state index is 13.0. The summed E-state index contributed by atoms with van der Waals surface area (Å²) in [5.41, 5.74) is 0.404. The molecule has 0 aliphatic heterocycles. The quantitative estimate of drug-likeness (QED) is 0.565. The average molecular weight is 401 g/mol. The third kappa shape index (κ3) is 5.88. The lowest BCUT2D eigenvalue weighted by molar-refractivity contribution is -0.137. The summed E-state index contributed by atoms with van der Waals surface area (Å²) in [6.07, 6.45) is -3.69. The van der Waals surface area contributed by atoms with E-state index in [0.29, 0.717) is 5.92 Å². The molecule has 0 bridgehead atoms. The minimum absolute atomic E-state index is 0.0365. The molecule has 2 aromatic rings. The van der Waals surface area contributed by atoms with Gasteiger partial charge in [-0.15, -0.1) is 0 Å². The Morgan fingerprint density at radius 3 is 2.35 bits per heavy atom. The number of thiocarbonyl (C=S) groups is 1. The molecule has 1 atom stereocenters. The zero-order valence-electron chi connectivity index (χ0n) is 14.4. The van der Waals surface area contributed by atoms with E-state index in [1.807, 2.05) is 30.3 Å². The zero-order chi connectivity index (χ0) is 19.3. The summed E-state index contributed by atoms with van der Waals surface area (Å²) in [7, 11) is 0. The summed E-state index contributed by atoms with van der Waals surface area (Å²) in [5.74, 6) is 0.419.